The van der Waals surface area contributed by atoms with Crippen LogP contribution in [-0.2, 0) is 10.1 Å². The van der Waals surface area contributed by atoms with Crippen molar-refractivity contribution in [3.8, 4) is 11.5 Å². The normalized spacial score (nSPS) is 11.6. The van der Waals surface area contributed by atoms with Gasteiger partial charge < -0.3 is 20.9 Å². The number of nitrogens with zero attached hydrogens (tertiary/aromatic N) is 2. The van der Waals surface area contributed by atoms with E-state index in [0.29, 0.717) is 28.4 Å². The van der Waals surface area contributed by atoms with Crippen LogP contribution in [0.15, 0.2) is 87.9 Å². The Morgan fingerprint density at radius 3 is 2.29 bits per heavy atom. The highest BCUT2D eigenvalue weighted by atomic mass is 32.2. The van der Waals surface area contributed by atoms with Crippen molar-refractivity contribution < 1.29 is 27.6 Å². The average Bonchev–Trinajstić information content (AvgIpc) is 2.83. The third-order valence-electron chi connectivity index (χ3n) is 5.10. The maximum absolute atomic E-state index is 12.5. The second-order valence-electron chi connectivity index (χ2n) is 7.46. The number of carbonyl (C=O) groups is 1. The molecule has 0 aliphatic rings. The smallest absolute Gasteiger partial charge is 0.296 e. The minimum Gasteiger partial charge on any atom is -0.505 e. The summed E-state index contributed by atoms with van der Waals surface area (Å²) in [6, 6.07) is 18.4. The molecule has 178 valence electrons. The number of nitrogens with one attached hydrogen (secondary N) is 1. The highest BCUT2D eigenvalue weighted by Crippen LogP contribution is 2.42. The van der Waals surface area contributed by atoms with Crippen LogP contribution in [0.5, 0.6) is 11.5 Å². The lowest BCUT2D eigenvalue weighted by Crippen LogP contribution is -2.11. The summed E-state index contributed by atoms with van der Waals surface area (Å²) in [5.41, 5.74) is 6.81. The molecule has 0 bridgehead atoms. The number of rotatable bonds is 6. The fraction of sp³-hybridized carbons (Fsp3) is 0.0417. The zero-order valence-corrected chi connectivity index (χ0v) is 19.2. The Morgan fingerprint density at radius 1 is 0.971 bits per heavy atom. The van der Waals surface area contributed by atoms with E-state index in [-0.39, 0.29) is 10.8 Å². The number of ether oxygens (including phenoxy) is 1. The summed E-state index contributed by atoms with van der Waals surface area (Å²) in [7, 11) is -3.27. The minimum atomic E-state index is -4.78. The largest absolute Gasteiger partial charge is 0.505 e. The molecule has 0 aliphatic carbocycles. The van der Waals surface area contributed by atoms with E-state index >= 15 is 0 Å². The number of carbonyl (C=O) groups excluding carboxylic acids is 1. The molecule has 0 aliphatic heterocycles. The topological polar surface area (TPSA) is 164 Å². The van der Waals surface area contributed by atoms with Gasteiger partial charge in [0.1, 0.15) is 16.3 Å². The fourth-order valence-corrected chi connectivity index (χ4v) is 3.97. The maximum Gasteiger partial charge on any atom is 0.296 e. The van der Waals surface area contributed by atoms with Crippen LogP contribution in [0.2, 0.25) is 0 Å². The molecule has 0 fully saturated rings. The van der Waals surface area contributed by atoms with E-state index in [4.69, 9.17) is 10.5 Å². The van der Waals surface area contributed by atoms with E-state index in [2.05, 4.69) is 15.5 Å². The van der Waals surface area contributed by atoms with Crippen molar-refractivity contribution in [1.29, 1.82) is 0 Å². The molecule has 5 N–H and O–H groups in total. The van der Waals surface area contributed by atoms with Gasteiger partial charge in [-0.05, 0) is 78.2 Å². The second kappa shape index (κ2) is 9.41. The maximum atomic E-state index is 12.5. The molecular formula is C24H20N4O6S. The molecule has 0 saturated carbocycles. The van der Waals surface area contributed by atoms with Crippen LogP contribution in [0.4, 0.5) is 22.7 Å². The van der Waals surface area contributed by atoms with Gasteiger partial charge in [0, 0.05) is 22.3 Å². The summed E-state index contributed by atoms with van der Waals surface area (Å²) in [5, 5.41) is 21.8. The first kappa shape index (κ1) is 23.7. The monoisotopic (exact) mass is 492 g/mol. The molecule has 4 rings (SSSR count). The Kier molecular flexibility index (Phi) is 6.36. The molecule has 0 aromatic heterocycles. The number of anilines is 2. The summed E-state index contributed by atoms with van der Waals surface area (Å²) in [4.78, 5) is 11.9. The molecule has 35 heavy (non-hydrogen) atoms. The van der Waals surface area contributed by atoms with Gasteiger partial charge in [0.2, 0.25) is 0 Å². The Labute approximate surface area is 200 Å². The van der Waals surface area contributed by atoms with Crippen LogP contribution < -0.4 is 15.8 Å². The Hall–Kier alpha value is -4.48. The van der Waals surface area contributed by atoms with Gasteiger partial charge >= 0.3 is 0 Å². The van der Waals surface area contributed by atoms with Crippen molar-refractivity contribution in [3.05, 3.63) is 78.4 Å². The number of hydrogen-bond donors (Lipinski definition) is 4. The van der Waals surface area contributed by atoms with Crippen molar-refractivity contribution in [1.82, 2.24) is 0 Å². The first-order valence-corrected chi connectivity index (χ1v) is 11.6. The molecule has 4 aromatic carbocycles. The summed E-state index contributed by atoms with van der Waals surface area (Å²) in [5.74, 6) is -0.312. The third-order valence-corrected chi connectivity index (χ3v) is 5.96. The first-order valence-electron chi connectivity index (χ1n) is 10.2. The molecule has 0 spiro atoms. The van der Waals surface area contributed by atoms with Crippen molar-refractivity contribution >= 4 is 49.5 Å². The van der Waals surface area contributed by atoms with E-state index in [1.807, 2.05) is 0 Å². The zero-order valence-electron chi connectivity index (χ0n) is 18.3. The van der Waals surface area contributed by atoms with Crippen molar-refractivity contribution in [2.45, 2.75) is 4.90 Å². The van der Waals surface area contributed by atoms with E-state index in [1.54, 1.807) is 48.5 Å². The number of benzene rings is 4. The number of azo groups is 1. The first-order chi connectivity index (χ1) is 16.7. The van der Waals surface area contributed by atoms with E-state index in [1.165, 1.54) is 25.3 Å². The molecule has 0 atom stereocenters. The zero-order chi connectivity index (χ0) is 25.2. The average molecular weight is 493 g/mol. The summed E-state index contributed by atoms with van der Waals surface area (Å²) >= 11 is 0. The van der Waals surface area contributed by atoms with Crippen LogP contribution in [0, 0.1) is 0 Å². The van der Waals surface area contributed by atoms with E-state index in [0.717, 1.165) is 6.07 Å². The number of fused-ring (bicyclic) bond motifs is 1. The molecule has 4 aromatic rings. The quantitative estimate of drug-likeness (QED) is 0.166. The number of nitrogen functional groups attached to an aromatic ring is 1. The summed E-state index contributed by atoms with van der Waals surface area (Å²) in [6.07, 6.45) is 0. The molecule has 11 heteroatoms. The Balaban J connectivity index is 1.73. The summed E-state index contributed by atoms with van der Waals surface area (Å²) in [6.45, 7) is 0. The lowest BCUT2D eigenvalue weighted by molar-refractivity contribution is 0.102. The Bertz CT molecular complexity index is 1550. The van der Waals surface area contributed by atoms with Crippen LogP contribution in [0.1, 0.15) is 10.4 Å². The van der Waals surface area contributed by atoms with Crippen LogP contribution in [0.25, 0.3) is 10.8 Å². The minimum absolute atomic E-state index is 0.242. The number of aromatic hydroxyl groups is 1. The summed E-state index contributed by atoms with van der Waals surface area (Å²) < 4.78 is 39.0. The van der Waals surface area contributed by atoms with Crippen LogP contribution >= 0.6 is 0 Å². The van der Waals surface area contributed by atoms with Crippen molar-refractivity contribution in [2.24, 2.45) is 10.2 Å². The number of nitrogens with two attached hydrogens (primary N) is 1. The van der Waals surface area contributed by atoms with Gasteiger partial charge in [0.05, 0.1) is 12.8 Å². The Morgan fingerprint density at radius 2 is 1.66 bits per heavy atom. The van der Waals surface area contributed by atoms with Gasteiger partial charge in [-0.25, -0.2) is 0 Å². The van der Waals surface area contributed by atoms with Gasteiger partial charge in [0.25, 0.3) is 16.0 Å². The molecular weight excluding hydrogens is 472 g/mol. The second-order valence-corrected chi connectivity index (χ2v) is 8.85. The van der Waals surface area contributed by atoms with Crippen molar-refractivity contribution in [3.63, 3.8) is 0 Å². The predicted octanol–water partition coefficient (Wildman–Crippen LogP) is 5.05. The van der Waals surface area contributed by atoms with E-state index < -0.39 is 32.4 Å². The number of phenols is 1. The molecule has 0 saturated heterocycles. The van der Waals surface area contributed by atoms with Gasteiger partial charge in [-0.3, -0.25) is 9.35 Å². The molecule has 0 radical (unpaired) electrons. The van der Waals surface area contributed by atoms with Gasteiger partial charge in [-0.1, -0.05) is 0 Å². The fourth-order valence-electron chi connectivity index (χ4n) is 3.32. The highest BCUT2D eigenvalue weighted by Gasteiger charge is 2.22. The molecule has 0 unspecified atom stereocenters. The van der Waals surface area contributed by atoms with Crippen LogP contribution in [-0.4, -0.2) is 31.1 Å². The van der Waals surface area contributed by atoms with Gasteiger partial charge in [-0.15, -0.1) is 5.11 Å². The lowest BCUT2D eigenvalue weighted by Gasteiger charge is -2.11. The number of hydrogen-bond acceptors (Lipinski definition) is 8. The van der Waals surface area contributed by atoms with E-state index in [9.17, 15) is 22.9 Å². The van der Waals surface area contributed by atoms with Crippen LogP contribution in [0.3, 0.4) is 0 Å². The molecule has 0 heterocycles. The van der Waals surface area contributed by atoms with Gasteiger partial charge in [0.15, 0.2) is 5.75 Å². The predicted molar refractivity (Wildman–Crippen MR) is 131 cm³/mol. The lowest BCUT2D eigenvalue weighted by atomic mass is 10.1. The number of methoxy groups -OCH3 is 1. The van der Waals surface area contributed by atoms with Crippen molar-refractivity contribution in [2.75, 3.05) is 18.2 Å². The SMILES string of the molecule is COc1ccc(N=Nc2c(S(=O)(=O)O)cc3cc(NC(=O)c4ccc(N)cc4)ccc3c2O)cc1. The molecule has 10 nitrogen and oxygen atoms in total. The standard InChI is InChI=1S/C24H20N4O6S/c1-34-19-9-6-17(7-10-19)27-28-22-21(35(31,32)33)13-15-12-18(8-11-20(15)23(22)29)26-24(30)14-2-4-16(25)5-3-14/h2-13,29H,25H2,1H3,(H,26,30)(H,31,32,33). The third kappa shape index (κ3) is 5.21. The number of amides is 1. The number of phenolic OH excluding ortho intramolecular Hbond substituents is 1. The highest BCUT2D eigenvalue weighted by molar-refractivity contribution is 7.86. The van der Waals surface area contributed by atoms with Gasteiger partial charge in [-0.2, -0.15) is 13.5 Å². The molecule has 1 amide bonds.